The minimum Gasteiger partial charge on any atom is -0.398 e. The quantitative estimate of drug-likeness (QED) is 0.465. The Kier molecular flexibility index (Phi) is 3.14. The van der Waals surface area contributed by atoms with Gasteiger partial charge in [-0.3, -0.25) is 0 Å². The zero-order valence-electron chi connectivity index (χ0n) is 8.15. The highest BCUT2D eigenvalue weighted by molar-refractivity contribution is 7.99. The number of thioether (sulfide) groups is 1. The Labute approximate surface area is 89.4 Å². The second kappa shape index (κ2) is 4.56. The molecule has 1 aliphatic carbocycles. The van der Waals surface area contributed by atoms with Crippen LogP contribution < -0.4 is 5.73 Å². The Morgan fingerprint density at radius 1 is 1.21 bits per heavy atom. The van der Waals surface area contributed by atoms with E-state index in [1.807, 2.05) is 30.0 Å². The highest BCUT2D eigenvalue weighted by Gasteiger charge is 2.10. The van der Waals surface area contributed by atoms with E-state index in [1.54, 1.807) is 0 Å². The molecule has 0 bridgehead atoms. The van der Waals surface area contributed by atoms with Crippen molar-refractivity contribution in [2.75, 3.05) is 11.5 Å². The molecule has 0 heterocycles. The van der Waals surface area contributed by atoms with E-state index in [-0.39, 0.29) is 0 Å². The lowest BCUT2D eigenvalue weighted by Crippen LogP contribution is -1.98. The number of benzene rings is 1. The van der Waals surface area contributed by atoms with Gasteiger partial charge in [0.25, 0.3) is 0 Å². The van der Waals surface area contributed by atoms with Gasteiger partial charge in [0.05, 0.1) is 0 Å². The van der Waals surface area contributed by atoms with Gasteiger partial charge in [-0.25, -0.2) is 0 Å². The summed E-state index contributed by atoms with van der Waals surface area (Å²) in [5.41, 5.74) is 6.77. The van der Waals surface area contributed by atoms with Gasteiger partial charge in [0.15, 0.2) is 0 Å². The molecule has 2 rings (SSSR count). The van der Waals surface area contributed by atoms with Crippen molar-refractivity contribution in [2.24, 2.45) is 5.92 Å². The molecular formula is C12H15NS. The maximum absolute atomic E-state index is 5.87. The molecule has 0 aromatic heterocycles. The summed E-state index contributed by atoms with van der Waals surface area (Å²) in [5, 5.41) is 0. The summed E-state index contributed by atoms with van der Waals surface area (Å²) in [4.78, 5) is 1.22. The summed E-state index contributed by atoms with van der Waals surface area (Å²) in [5.74, 6) is 2.00. The van der Waals surface area contributed by atoms with Crippen LogP contribution in [0.25, 0.3) is 0 Å². The topological polar surface area (TPSA) is 26.0 Å². The Balaban J connectivity index is 1.88. The molecule has 0 radical (unpaired) electrons. The molecule has 1 aliphatic rings. The van der Waals surface area contributed by atoms with E-state index in [0.717, 1.165) is 11.6 Å². The van der Waals surface area contributed by atoms with E-state index >= 15 is 0 Å². The molecule has 2 heteroatoms. The van der Waals surface area contributed by atoms with Gasteiger partial charge in [-0.1, -0.05) is 24.3 Å². The second-order valence-corrected chi connectivity index (χ2v) is 4.72. The Morgan fingerprint density at radius 3 is 2.64 bits per heavy atom. The van der Waals surface area contributed by atoms with Crippen molar-refractivity contribution < 1.29 is 0 Å². The fraction of sp³-hybridized carbons (Fsp3) is 0.333. The van der Waals surface area contributed by atoms with Crippen LogP contribution in [0.2, 0.25) is 0 Å². The van der Waals surface area contributed by atoms with Crippen LogP contribution in [0.3, 0.4) is 0 Å². The average molecular weight is 205 g/mol. The van der Waals surface area contributed by atoms with Gasteiger partial charge in [0, 0.05) is 16.3 Å². The van der Waals surface area contributed by atoms with Gasteiger partial charge >= 0.3 is 0 Å². The van der Waals surface area contributed by atoms with Crippen molar-refractivity contribution >= 4 is 17.4 Å². The van der Waals surface area contributed by atoms with Gasteiger partial charge in [0.1, 0.15) is 0 Å². The number of rotatable bonds is 3. The lowest BCUT2D eigenvalue weighted by molar-refractivity contribution is 0.650. The molecule has 1 aromatic carbocycles. The molecule has 0 aliphatic heterocycles. The molecule has 0 saturated carbocycles. The molecule has 0 atom stereocenters. The summed E-state index contributed by atoms with van der Waals surface area (Å²) in [7, 11) is 0. The van der Waals surface area contributed by atoms with E-state index in [9.17, 15) is 0 Å². The highest BCUT2D eigenvalue weighted by atomic mass is 32.2. The van der Waals surface area contributed by atoms with E-state index in [2.05, 4.69) is 18.2 Å². The van der Waals surface area contributed by atoms with Crippen LogP contribution in [-0.2, 0) is 0 Å². The Morgan fingerprint density at radius 2 is 1.93 bits per heavy atom. The van der Waals surface area contributed by atoms with E-state index < -0.39 is 0 Å². The lowest BCUT2D eigenvalue weighted by atomic mass is 10.1. The maximum atomic E-state index is 5.87. The first-order valence-electron chi connectivity index (χ1n) is 4.98. The van der Waals surface area contributed by atoms with Crippen LogP contribution in [0.15, 0.2) is 41.3 Å². The predicted octanol–water partition coefficient (Wildman–Crippen LogP) is 3.33. The third kappa shape index (κ3) is 2.32. The number of nitrogen functional groups attached to an aromatic ring is 1. The molecule has 74 valence electrons. The van der Waals surface area contributed by atoms with Gasteiger partial charge in [-0.15, -0.1) is 11.8 Å². The normalized spacial score (nSPS) is 16.3. The monoisotopic (exact) mass is 205 g/mol. The SMILES string of the molecule is Nc1ccccc1SCC1CC=CC1. The maximum Gasteiger partial charge on any atom is 0.0452 e. The van der Waals surface area contributed by atoms with Crippen LogP contribution in [0.5, 0.6) is 0 Å². The standard InChI is InChI=1S/C12H15NS/c13-11-7-3-4-8-12(11)14-9-10-5-1-2-6-10/h1-4,7-8,10H,5-6,9,13H2. The van der Waals surface area contributed by atoms with E-state index in [4.69, 9.17) is 5.73 Å². The van der Waals surface area contributed by atoms with Crippen molar-refractivity contribution in [1.82, 2.24) is 0 Å². The largest absolute Gasteiger partial charge is 0.398 e. The van der Waals surface area contributed by atoms with Crippen molar-refractivity contribution in [3.63, 3.8) is 0 Å². The van der Waals surface area contributed by atoms with Gasteiger partial charge < -0.3 is 5.73 Å². The summed E-state index contributed by atoms with van der Waals surface area (Å²) in [6.45, 7) is 0. The molecule has 0 saturated heterocycles. The molecule has 1 aromatic rings. The molecule has 0 amide bonds. The zero-order valence-corrected chi connectivity index (χ0v) is 8.96. The minimum atomic E-state index is 0.819. The fourth-order valence-corrected chi connectivity index (χ4v) is 2.73. The van der Waals surface area contributed by atoms with Crippen molar-refractivity contribution in [3.8, 4) is 0 Å². The first-order valence-corrected chi connectivity index (χ1v) is 5.97. The predicted molar refractivity (Wildman–Crippen MR) is 63.4 cm³/mol. The third-order valence-corrected chi connectivity index (χ3v) is 3.82. The number of hydrogen-bond acceptors (Lipinski definition) is 2. The molecule has 14 heavy (non-hydrogen) atoms. The van der Waals surface area contributed by atoms with Crippen molar-refractivity contribution in [3.05, 3.63) is 36.4 Å². The summed E-state index contributed by atoms with van der Waals surface area (Å²) in [6, 6.07) is 8.10. The molecule has 2 N–H and O–H groups in total. The third-order valence-electron chi connectivity index (χ3n) is 2.50. The zero-order chi connectivity index (χ0) is 9.80. The summed E-state index contributed by atoms with van der Waals surface area (Å²) >= 11 is 1.88. The van der Waals surface area contributed by atoms with E-state index in [1.165, 1.54) is 23.5 Å². The van der Waals surface area contributed by atoms with Crippen LogP contribution >= 0.6 is 11.8 Å². The van der Waals surface area contributed by atoms with Gasteiger partial charge in [-0.2, -0.15) is 0 Å². The fourth-order valence-electron chi connectivity index (χ4n) is 1.63. The number of anilines is 1. The number of para-hydroxylation sites is 1. The van der Waals surface area contributed by atoms with Gasteiger partial charge in [0.2, 0.25) is 0 Å². The molecule has 0 spiro atoms. The molecule has 0 fully saturated rings. The van der Waals surface area contributed by atoms with Crippen LogP contribution in [0.4, 0.5) is 5.69 Å². The Hall–Kier alpha value is -0.890. The first kappa shape index (κ1) is 9.66. The summed E-state index contributed by atoms with van der Waals surface area (Å²) in [6.07, 6.45) is 7.03. The lowest BCUT2D eigenvalue weighted by Gasteiger charge is -2.09. The molecule has 0 unspecified atom stereocenters. The van der Waals surface area contributed by atoms with Gasteiger partial charge in [-0.05, 0) is 30.9 Å². The number of allylic oxidation sites excluding steroid dienone is 2. The van der Waals surface area contributed by atoms with Crippen LogP contribution in [0.1, 0.15) is 12.8 Å². The van der Waals surface area contributed by atoms with Crippen LogP contribution in [-0.4, -0.2) is 5.75 Å². The minimum absolute atomic E-state index is 0.819. The highest BCUT2D eigenvalue weighted by Crippen LogP contribution is 2.30. The number of nitrogens with two attached hydrogens (primary N) is 1. The number of hydrogen-bond donors (Lipinski definition) is 1. The van der Waals surface area contributed by atoms with Crippen molar-refractivity contribution in [2.45, 2.75) is 17.7 Å². The van der Waals surface area contributed by atoms with E-state index in [0.29, 0.717) is 0 Å². The van der Waals surface area contributed by atoms with Crippen LogP contribution in [0, 0.1) is 5.92 Å². The summed E-state index contributed by atoms with van der Waals surface area (Å²) < 4.78 is 0. The molecular weight excluding hydrogens is 190 g/mol. The average Bonchev–Trinajstić information content (AvgIpc) is 2.69. The first-order chi connectivity index (χ1) is 6.86. The smallest absolute Gasteiger partial charge is 0.0452 e. The molecule has 1 nitrogen and oxygen atoms in total. The second-order valence-electron chi connectivity index (χ2n) is 3.66. The Bertz CT molecular complexity index is 325. The van der Waals surface area contributed by atoms with Crippen molar-refractivity contribution in [1.29, 1.82) is 0 Å².